The second kappa shape index (κ2) is 11.6. The first-order chi connectivity index (χ1) is 19.1. The monoisotopic (exact) mass is 583 g/mol. The van der Waals surface area contributed by atoms with Gasteiger partial charge in [0, 0.05) is 12.8 Å². The van der Waals surface area contributed by atoms with Gasteiger partial charge >= 0.3 is 18.5 Å². The number of ether oxygens (including phenoxy) is 4. The van der Waals surface area contributed by atoms with E-state index in [9.17, 15) is 9.59 Å². The first-order valence-corrected chi connectivity index (χ1v) is 14.8. The van der Waals surface area contributed by atoms with Crippen LogP contribution in [0.1, 0.15) is 15.0 Å². The minimum absolute atomic E-state index is 0.116. The Kier molecular flexibility index (Phi) is 7.56. The molecule has 0 unspecified atom stereocenters. The number of amides is 1. The number of hydrogen-bond acceptors (Lipinski definition) is 13. The second-order valence-corrected chi connectivity index (χ2v) is 11.8. The van der Waals surface area contributed by atoms with Gasteiger partial charge in [0.2, 0.25) is 10.9 Å². The van der Waals surface area contributed by atoms with Gasteiger partial charge < -0.3 is 18.9 Å². The first kappa shape index (κ1) is 25.5. The van der Waals surface area contributed by atoms with Gasteiger partial charge in [-0.25, -0.2) is 0 Å². The number of nitrogens with zero attached hydrogens (tertiary/aromatic N) is 4. The molecule has 1 amide bonds. The molecule has 14 heteroatoms. The normalized spacial score (nSPS) is 14.1. The molecule has 4 aromatic rings. The zero-order chi connectivity index (χ0) is 26.6. The maximum Gasteiger partial charge on any atom is 0.322 e. The fourth-order valence-corrected chi connectivity index (χ4v) is 6.46. The summed E-state index contributed by atoms with van der Waals surface area (Å²) in [5.41, 5.74) is 0. The summed E-state index contributed by atoms with van der Waals surface area (Å²) in [7, 11) is 0. The van der Waals surface area contributed by atoms with Gasteiger partial charge in [-0.2, -0.15) is 11.8 Å². The standard InChI is InChI=1S/C25H21N5O6S3/c31-14(23-33-15-5-1-2-6-16(15)34-23)13-21-29-27-19(38-21)9-11-37-12-10-20-28-30-25(39-20)26-22(32)24-35-17-7-3-4-8-18(17)36-24/h1-8,23-24H,9-13H2,(H,26,30,32). The Hall–Kier alpha value is -3.75. The van der Waals surface area contributed by atoms with Gasteiger partial charge in [-0.05, 0) is 35.8 Å². The van der Waals surface area contributed by atoms with E-state index in [1.54, 1.807) is 36.0 Å². The van der Waals surface area contributed by atoms with Crippen LogP contribution in [-0.4, -0.2) is 56.2 Å². The summed E-state index contributed by atoms with van der Waals surface area (Å²) in [6.45, 7) is 0. The number of carbonyl (C=O) groups excluding carboxylic acids is 2. The van der Waals surface area contributed by atoms with Crippen LogP contribution in [0, 0.1) is 0 Å². The van der Waals surface area contributed by atoms with Crippen molar-refractivity contribution in [2.45, 2.75) is 31.8 Å². The average molecular weight is 584 g/mol. The smallest absolute Gasteiger partial charge is 0.322 e. The topological polar surface area (TPSA) is 135 Å². The van der Waals surface area contributed by atoms with Crippen molar-refractivity contribution in [1.29, 1.82) is 0 Å². The van der Waals surface area contributed by atoms with Crippen molar-refractivity contribution < 1.29 is 28.5 Å². The van der Waals surface area contributed by atoms with E-state index >= 15 is 0 Å². The van der Waals surface area contributed by atoms with Gasteiger partial charge in [-0.15, -0.1) is 31.7 Å². The van der Waals surface area contributed by atoms with E-state index in [0.29, 0.717) is 33.1 Å². The Morgan fingerprint density at radius 3 is 1.85 bits per heavy atom. The molecule has 6 rings (SSSR count). The summed E-state index contributed by atoms with van der Waals surface area (Å²) < 4.78 is 22.2. The van der Waals surface area contributed by atoms with Gasteiger partial charge in [0.1, 0.15) is 15.0 Å². The summed E-state index contributed by atoms with van der Waals surface area (Å²) in [6.07, 6.45) is -0.406. The van der Waals surface area contributed by atoms with Gasteiger partial charge in [0.25, 0.3) is 0 Å². The van der Waals surface area contributed by atoms with E-state index in [0.717, 1.165) is 34.4 Å². The number of benzene rings is 2. The predicted octanol–water partition coefficient (Wildman–Crippen LogP) is 3.55. The molecular formula is C25H21N5O6S3. The number of fused-ring (bicyclic) bond motifs is 2. The highest BCUT2D eigenvalue weighted by Gasteiger charge is 2.32. The molecule has 2 aromatic carbocycles. The zero-order valence-electron chi connectivity index (χ0n) is 20.3. The summed E-state index contributed by atoms with van der Waals surface area (Å²) >= 11 is 4.51. The Balaban J connectivity index is 0.884. The third-order valence-corrected chi connectivity index (χ3v) is 8.43. The number of aromatic nitrogens is 4. The Morgan fingerprint density at radius 2 is 1.23 bits per heavy atom. The van der Waals surface area contributed by atoms with Crippen LogP contribution in [0.15, 0.2) is 48.5 Å². The molecule has 0 atom stereocenters. The van der Waals surface area contributed by atoms with E-state index in [-0.39, 0.29) is 12.2 Å². The van der Waals surface area contributed by atoms with E-state index in [1.165, 1.54) is 22.7 Å². The lowest BCUT2D eigenvalue weighted by Crippen LogP contribution is -2.34. The number of rotatable bonds is 11. The largest absolute Gasteiger partial charge is 0.444 e. The van der Waals surface area contributed by atoms with Crippen molar-refractivity contribution in [3.8, 4) is 23.0 Å². The highest BCUT2D eigenvalue weighted by Crippen LogP contribution is 2.35. The number of para-hydroxylation sites is 4. The first-order valence-electron chi connectivity index (χ1n) is 12.0. The number of thioether (sulfide) groups is 1. The molecule has 11 nitrogen and oxygen atoms in total. The third kappa shape index (κ3) is 6.13. The maximum atomic E-state index is 12.5. The molecule has 4 heterocycles. The Bertz CT molecular complexity index is 1330. The SMILES string of the molecule is O=C(Cc1nnc(CCSCCc2nnc(NC(=O)C3Oc4ccccc4O3)s2)s1)C1Oc2ccccc2O1. The molecule has 0 radical (unpaired) electrons. The third-order valence-electron chi connectivity index (χ3n) is 5.56. The van der Waals surface area contributed by atoms with Crippen molar-refractivity contribution >= 4 is 51.3 Å². The average Bonchev–Trinajstić information content (AvgIpc) is 3.74. The summed E-state index contributed by atoms with van der Waals surface area (Å²) in [5.74, 6) is 3.27. The Labute approximate surface area is 234 Å². The van der Waals surface area contributed by atoms with Crippen LogP contribution in [0.5, 0.6) is 23.0 Å². The van der Waals surface area contributed by atoms with Crippen LogP contribution in [0.25, 0.3) is 0 Å². The van der Waals surface area contributed by atoms with Gasteiger partial charge in [-0.3, -0.25) is 14.9 Å². The number of anilines is 1. The number of aryl methyl sites for hydroxylation is 2. The number of nitrogens with one attached hydrogen (secondary N) is 1. The fourth-order valence-electron chi connectivity index (χ4n) is 3.72. The molecule has 0 fully saturated rings. The summed E-state index contributed by atoms with van der Waals surface area (Å²) in [5, 5.41) is 22.0. The molecule has 39 heavy (non-hydrogen) atoms. The van der Waals surface area contributed by atoms with Crippen molar-refractivity contribution in [1.82, 2.24) is 20.4 Å². The van der Waals surface area contributed by atoms with Crippen molar-refractivity contribution in [3.63, 3.8) is 0 Å². The molecule has 200 valence electrons. The lowest BCUT2D eigenvalue weighted by molar-refractivity contribution is -0.133. The number of carbonyl (C=O) groups is 2. The van der Waals surface area contributed by atoms with Crippen LogP contribution >= 0.6 is 34.4 Å². The van der Waals surface area contributed by atoms with Crippen molar-refractivity contribution in [2.24, 2.45) is 0 Å². The summed E-state index contributed by atoms with van der Waals surface area (Å²) in [6, 6.07) is 14.3. The molecule has 2 aliphatic heterocycles. The molecule has 0 aliphatic carbocycles. The second-order valence-electron chi connectivity index (χ2n) is 8.36. The van der Waals surface area contributed by atoms with Crippen LogP contribution < -0.4 is 24.3 Å². The maximum absolute atomic E-state index is 12.5. The fraction of sp³-hybridized carbons (Fsp3) is 0.280. The lowest BCUT2D eigenvalue weighted by Gasteiger charge is -2.08. The van der Waals surface area contributed by atoms with Crippen LogP contribution in [-0.2, 0) is 28.9 Å². The number of Topliss-reactive ketones (excluding diaryl/α,β-unsaturated/α-hetero) is 1. The number of ketones is 1. The molecule has 0 saturated carbocycles. The predicted molar refractivity (Wildman–Crippen MR) is 145 cm³/mol. The minimum Gasteiger partial charge on any atom is -0.444 e. The quantitative estimate of drug-likeness (QED) is 0.260. The molecule has 0 spiro atoms. The molecule has 2 aliphatic rings. The van der Waals surface area contributed by atoms with Gasteiger partial charge in [-0.1, -0.05) is 35.6 Å². The molecule has 0 saturated heterocycles. The van der Waals surface area contributed by atoms with Gasteiger partial charge in [0.05, 0.1) is 6.42 Å². The minimum atomic E-state index is -1.05. The van der Waals surface area contributed by atoms with Crippen molar-refractivity contribution in [3.05, 3.63) is 63.6 Å². The zero-order valence-corrected chi connectivity index (χ0v) is 22.7. The lowest BCUT2D eigenvalue weighted by atomic mass is 10.3. The van der Waals surface area contributed by atoms with Crippen LogP contribution in [0.4, 0.5) is 5.13 Å². The molecule has 0 bridgehead atoms. The Morgan fingerprint density at radius 1 is 0.718 bits per heavy atom. The number of hydrogen-bond donors (Lipinski definition) is 1. The molecule has 2 aromatic heterocycles. The summed E-state index contributed by atoms with van der Waals surface area (Å²) in [4.78, 5) is 25.0. The van der Waals surface area contributed by atoms with Crippen LogP contribution in [0.2, 0.25) is 0 Å². The molecule has 1 N–H and O–H groups in total. The highest BCUT2D eigenvalue weighted by atomic mass is 32.2. The molecular weight excluding hydrogens is 563 g/mol. The van der Waals surface area contributed by atoms with Gasteiger partial charge in [0.15, 0.2) is 23.0 Å². The van der Waals surface area contributed by atoms with E-state index in [4.69, 9.17) is 18.9 Å². The van der Waals surface area contributed by atoms with E-state index in [1.807, 2.05) is 24.3 Å². The van der Waals surface area contributed by atoms with E-state index in [2.05, 4.69) is 25.7 Å². The van der Waals surface area contributed by atoms with Crippen LogP contribution in [0.3, 0.4) is 0 Å². The highest BCUT2D eigenvalue weighted by molar-refractivity contribution is 7.99. The van der Waals surface area contributed by atoms with E-state index < -0.39 is 18.5 Å². The van der Waals surface area contributed by atoms with Crippen molar-refractivity contribution in [2.75, 3.05) is 16.8 Å².